The summed E-state index contributed by atoms with van der Waals surface area (Å²) >= 11 is 0. The third kappa shape index (κ3) is 2.63. The number of nitrogens with one attached hydrogen (secondary N) is 1. The molecular formula is C17H23N3. The molecule has 3 rings (SSSR count). The van der Waals surface area contributed by atoms with Crippen LogP contribution in [0.1, 0.15) is 36.0 Å². The molecule has 0 saturated carbocycles. The molecule has 0 aliphatic heterocycles. The maximum Gasteiger partial charge on any atom is 0.0522 e. The molecule has 0 amide bonds. The predicted octanol–water partition coefficient (Wildman–Crippen LogP) is 2.67. The van der Waals surface area contributed by atoms with Crippen LogP contribution >= 0.6 is 0 Å². The van der Waals surface area contributed by atoms with Gasteiger partial charge in [-0.2, -0.15) is 5.10 Å². The van der Waals surface area contributed by atoms with Crippen molar-refractivity contribution in [3.63, 3.8) is 0 Å². The Balaban J connectivity index is 1.74. The van der Waals surface area contributed by atoms with Crippen LogP contribution in [0.3, 0.4) is 0 Å². The van der Waals surface area contributed by atoms with Crippen molar-refractivity contribution in [1.29, 1.82) is 0 Å². The van der Waals surface area contributed by atoms with E-state index in [9.17, 15) is 0 Å². The zero-order valence-electron chi connectivity index (χ0n) is 12.3. The maximum absolute atomic E-state index is 4.29. The summed E-state index contributed by atoms with van der Waals surface area (Å²) in [5.74, 6) is 0.651. The number of aromatic nitrogens is 2. The van der Waals surface area contributed by atoms with Gasteiger partial charge in [-0.15, -0.1) is 0 Å². The van der Waals surface area contributed by atoms with Gasteiger partial charge >= 0.3 is 0 Å². The molecule has 1 aromatic carbocycles. The van der Waals surface area contributed by atoms with E-state index in [0.29, 0.717) is 12.0 Å². The molecule has 2 atom stereocenters. The van der Waals surface area contributed by atoms with Crippen LogP contribution < -0.4 is 5.32 Å². The van der Waals surface area contributed by atoms with Crippen LogP contribution in [0.4, 0.5) is 0 Å². The average Bonchev–Trinajstić information content (AvgIpc) is 2.82. The third-order valence-electron chi connectivity index (χ3n) is 4.25. The second-order valence-electron chi connectivity index (χ2n) is 5.80. The quantitative estimate of drug-likeness (QED) is 0.874. The Kier molecular flexibility index (Phi) is 3.88. The minimum absolute atomic E-state index is 0.522. The molecule has 0 radical (unpaired) electrons. The number of rotatable bonds is 6. The van der Waals surface area contributed by atoms with Crippen molar-refractivity contribution < 1.29 is 0 Å². The Labute approximate surface area is 121 Å². The van der Waals surface area contributed by atoms with E-state index < -0.39 is 0 Å². The molecule has 1 N–H and O–H groups in total. The Bertz CT molecular complexity index is 573. The summed E-state index contributed by atoms with van der Waals surface area (Å²) in [6.07, 6.45) is 7.57. The van der Waals surface area contributed by atoms with Crippen LogP contribution in [0, 0.1) is 0 Å². The summed E-state index contributed by atoms with van der Waals surface area (Å²) in [5, 5.41) is 8.02. The predicted molar refractivity (Wildman–Crippen MR) is 81.9 cm³/mol. The molecule has 2 unspecified atom stereocenters. The lowest BCUT2D eigenvalue weighted by molar-refractivity contribution is 0.397. The summed E-state index contributed by atoms with van der Waals surface area (Å²) in [5.41, 5.74) is 4.38. The summed E-state index contributed by atoms with van der Waals surface area (Å²) in [7, 11) is 1.98. The van der Waals surface area contributed by atoms with E-state index in [1.807, 2.05) is 17.9 Å². The highest BCUT2D eigenvalue weighted by atomic mass is 15.2. The fraction of sp³-hybridized carbons (Fsp3) is 0.471. The first-order chi connectivity index (χ1) is 9.78. The molecule has 20 heavy (non-hydrogen) atoms. The summed E-state index contributed by atoms with van der Waals surface area (Å²) in [4.78, 5) is 0. The van der Waals surface area contributed by atoms with Gasteiger partial charge in [-0.1, -0.05) is 31.2 Å². The SMILES string of the molecule is CCCNC(Cc1cnn(C)c1)C1Cc2ccccc21. The fourth-order valence-electron chi connectivity index (χ4n) is 3.17. The largest absolute Gasteiger partial charge is 0.313 e. The van der Waals surface area contributed by atoms with Gasteiger partial charge in [-0.05, 0) is 42.5 Å². The van der Waals surface area contributed by atoms with Crippen LogP contribution in [-0.2, 0) is 19.9 Å². The van der Waals surface area contributed by atoms with Crippen LogP contribution in [-0.4, -0.2) is 22.4 Å². The van der Waals surface area contributed by atoms with E-state index in [1.54, 1.807) is 0 Å². The minimum atomic E-state index is 0.522. The van der Waals surface area contributed by atoms with Gasteiger partial charge < -0.3 is 5.32 Å². The molecular weight excluding hydrogens is 246 g/mol. The molecule has 1 heterocycles. The Morgan fingerprint density at radius 1 is 1.40 bits per heavy atom. The van der Waals surface area contributed by atoms with Gasteiger partial charge in [0.15, 0.2) is 0 Å². The van der Waals surface area contributed by atoms with Gasteiger partial charge in [0.2, 0.25) is 0 Å². The summed E-state index contributed by atoms with van der Waals surface area (Å²) in [6.45, 7) is 3.31. The third-order valence-corrected chi connectivity index (χ3v) is 4.25. The molecule has 0 spiro atoms. The van der Waals surface area contributed by atoms with Crippen molar-refractivity contribution in [3.05, 3.63) is 53.3 Å². The highest BCUT2D eigenvalue weighted by Crippen LogP contribution is 2.38. The first kappa shape index (κ1) is 13.4. The molecule has 0 saturated heterocycles. The zero-order valence-corrected chi connectivity index (χ0v) is 12.3. The first-order valence-electron chi connectivity index (χ1n) is 7.56. The topological polar surface area (TPSA) is 29.9 Å². The second kappa shape index (κ2) is 5.80. The monoisotopic (exact) mass is 269 g/mol. The van der Waals surface area contributed by atoms with Crippen LogP contribution in [0.2, 0.25) is 0 Å². The number of aryl methyl sites for hydroxylation is 1. The first-order valence-corrected chi connectivity index (χ1v) is 7.56. The Morgan fingerprint density at radius 2 is 2.25 bits per heavy atom. The van der Waals surface area contributed by atoms with E-state index in [0.717, 1.165) is 13.0 Å². The number of fused-ring (bicyclic) bond motifs is 1. The van der Waals surface area contributed by atoms with E-state index >= 15 is 0 Å². The van der Waals surface area contributed by atoms with Gasteiger partial charge in [0, 0.05) is 25.2 Å². The van der Waals surface area contributed by atoms with Crippen LogP contribution in [0.15, 0.2) is 36.7 Å². The van der Waals surface area contributed by atoms with Crippen molar-refractivity contribution in [3.8, 4) is 0 Å². The van der Waals surface area contributed by atoms with Gasteiger partial charge in [0.05, 0.1) is 6.20 Å². The molecule has 2 aromatic rings. The second-order valence-corrected chi connectivity index (χ2v) is 5.80. The lowest BCUT2D eigenvalue weighted by Gasteiger charge is -2.37. The maximum atomic E-state index is 4.29. The molecule has 3 nitrogen and oxygen atoms in total. The molecule has 0 bridgehead atoms. The lowest BCUT2D eigenvalue weighted by atomic mass is 9.72. The zero-order chi connectivity index (χ0) is 13.9. The van der Waals surface area contributed by atoms with Crippen LogP contribution in [0.25, 0.3) is 0 Å². The van der Waals surface area contributed by atoms with Crippen molar-refractivity contribution in [2.24, 2.45) is 7.05 Å². The van der Waals surface area contributed by atoms with E-state index in [-0.39, 0.29) is 0 Å². The molecule has 1 aromatic heterocycles. The van der Waals surface area contributed by atoms with Crippen molar-refractivity contribution in [2.75, 3.05) is 6.54 Å². The smallest absolute Gasteiger partial charge is 0.0522 e. The van der Waals surface area contributed by atoms with E-state index in [1.165, 1.54) is 29.5 Å². The summed E-state index contributed by atoms with van der Waals surface area (Å²) < 4.78 is 1.89. The van der Waals surface area contributed by atoms with E-state index in [2.05, 4.69) is 47.8 Å². The lowest BCUT2D eigenvalue weighted by Crippen LogP contribution is -2.41. The highest BCUT2D eigenvalue weighted by molar-refractivity contribution is 5.41. The van der Waals surface area contributed by atoms with Crippen LogP contribution in [0.5, 0.6) is 0 Å². The Morgan fingerprint density at radius 3 is 2.95 bits per heavy atom. The minimum Gasteiger partial charge on any atom is -0.313 e. The number of benzene rings is 1. The molecule has 1 aliphatic carbocycles. The highest BCUT2D eigenvalue weighted by Gasteiger charge is 2.32. The van der Waals surface area contributed by atoms with Gasteiger partial charge in [-0.3, -0.25) is 4.68 Å². The number of hydrogen-bond acceptors (Lipinski definition) is 2. The fourth-order valence-corrected chi connectivity index (χ4v) is 3.17. The van der Waals surface area contributed by atoms with Crippen molar-refractivity contribution in [2.45, 2.75) is 38.1 Å². The molecule has 0 fully saturated rings. The summed E-state index contributed by atoms with van der Waals surface area (Å²) in [6, 6.07) is 9.37. The normalized spacial score (nSPS) is 18.4. The molecule has 3 heteroatoms. The standard InChI is InChI=1S/C17H23N3/c1-3-8-18-17(9-13-11-19-20(2)12-13)16-10-14-6-4-5-7-15(14)16/h4-7,11-12,16-18H,3,8-10H2,1-2H3. The van der Waals surface area contributed by atoms with Gasteiger partial charge in [-0.25, -0.2) is 0 Å². The number of hydrogen-bond donors (Lipinski definition) is 1. The number of nitrogens with zero attached hydrogens (tertiary/aromatic N) is 2. The van der Waals surface area contributed by atoms with Gasteiger partial charge in [0.25, 0.3) is 0 Å². The molecule has 106 valence electrons. The van der Waals surface area contributed by atoms with Crippen molar-refractivity contribution >= 4 is 0 Å². The Hall–Kier alpha value is -1.61. The van der Waals surface area contributed by atoms with E-state index in [4.69, 9.17) is 0 Å². The van der Waals surface area contributed by atoms with Gasteiger partial charge in [0.1, 0.15) is 0 Å². The average molecular weight is 269 g/mol. The van der Waals surface area contributed by atoms with Crippen molar-refractivity contribution in [1.82, 2.24) is 15.1 Å². The molecule has 1 aliphatic rings.